The van der Waals surface area contributed by atoms with Gasteiger partial charge in [0.15, 0.2) is 0 Å². The second-order valence-corrected chi connectivity index (χ2v) is 3.35. The number of primary amides is 1. The van der Waals surface area contributed by atoms with Crippen molar-refractivity contribution >= 4 is 17.8 Å². The Morgan fingerprint density at radius 2 is 2.06 bits per heavy atom. The van der Waals surface area contributed by atoms with Crippen LogP contribution >= 0.6 is 0 Å². The molecule has 2 N–H and O–H groups in total. The third-order valence-electron chi connectivity index (χ3n) is 2.16. The van der Waals surface area contributed by atoms with E-state index in [0.717, 1.165) is 0 Å². The van der Waals surface area contributed by atoms with Crippen molar-refractivity contribution < 1.29 is 19.1 Å². The van der Waals surface area contributed by atoms with Gasteiger partial charge in [-0.15, -0.1) is 0 Å². The van der Waals surface area contributed by atoms with Gasteiger partial charge in [-0.2, -0.15) is 0 Å². The van der Waals surface area contributed by atoms with Gasteiger partial charge in [-0.3, -0.25) is 4.79 Å². The molecule has 84 valence electrons. The molecule has 0 bridgehead atoms. The summed E-state index contributed by atoms with van der Waals surface area (Å²) in [4.78, 5) is 33.1. The first-order valence-corrected chi connectivity index (χ1v) is 4.76. The summed E-state index contributed by atoms with van der Waals surface area (Å²) in [7, 11) is 0. The van der Waals surface area contributed by atoms with Crippen LogP contribution in [0.2, 0.25) is 0 Å². The van der Waals surface area contributed by atoms with Crippen molar-refractivity contribution in [3.63, 3.8) is 0 Å². The zero-order chi connectivity index (χ0) is 12.4. The summed E-state index contributed by atoms with van der Waals surface area (Å²) in [6, 6.07) is 4.65. The van der Waals surface area contributed by atoms with Crippen LogP contribution in [0.4, 0.5) is 0 Å². The van der Waals surface area contributed by atoms with Gasteiger partial charge in [0.2, 0.25) is 5.91 Å². The lowest BCUT2D eigenvalue weighted by Crippen LogP contribution is -2.08. The first kappa shape index (κ1) is 10.9. The molecule has 1 heterocycles. The molecule has 0 spiro atoms. The zero-order valence-corrected chi connectivity index (χ0v) is 8.65. The van der Waals surface area contributed by atoms with Crippen molar-refractivity contribution in [2.24, 2.45) is 5.73 Å². The summed E-state index contributed by atoms with van der Waals surface area (Å²) in [5.74, 6) is 3.20. The van der Waals surface area contributed by atoms with E-state index in [9.17, 15) is 14.4 Å². The topological polar surface area (TPSA) is 86.5 Å². The van der Waals surface area contributed by atoms with Gasteiger partial charge in [-0.05, 0) is 12.1 Å². The van der Waals surface area contributed by atoms with Crippen molar-refractivity contribution in [2.75, 3.05) is 0 Å². The van der Waals surface area contributed by atoms with Gasteiger partial charge in [-0.25, -0.2) is 9.59 Å². The molecule has 17 heavy (non-hydrogen) atoms. The number of hydrogen-bond donors (Lipinski definition) is 1. The lowest BCUT2D eigenvalue weighted by molar-refractivity contribution is -0.117. The van der Waals surface area contributed by atoms with Crippen molar-refractivity contribution in [2.45, 2.75) is 6.42 Å². The normalized spacial score (nSPS) is 12.5. The van der Waals surface area contributed by atoms with Crippen LogP contribution in [-0.4, -0.2) is 17.8 Å². The Kier molecular flexibility index (Phi) is 2.63. The molecule has 1 aliphatic rings. The van der Waals surface area contributed by atoms with Gasteiger partial charge in [0.1, 0.15) is 0 Å². The number of ether oxygens (including phenoxy) is 1. The minimum Gasteiger partial charge on any atom is -0.386 e. The average molecular weight is 229 g/mol. The molecule has 0 aromatic heterocycles. The summed E-state index contributed by atoms with van der Waals surface area (Å²) in [6.45, 7) is 0. The highest BCUT2D eigenvalue weighted by Gasteiger charge is 2.31. The summed E-state index contributed by atoms with van der Waals surface area (Å²) in [5, 5.41) is 0. The predicted octanol–water partition coefficient (Wildman–Crippen LogP) is 0.224. The van der Waals surface area contributed by atoms with E-state index in [1.54, 1.807) is 12.1 Å². The standard InChI is InChI=1S/C12H7NO4/c13-9(14)6-2-4-7-3-1-5-8-10(7)12(16)17-11(8)15/h1,3,5H,6H2,(H2,13,14). The molecule has 1 aromatic carbocycles. The van der Waals surface area contributed by atoms with Crippen molar-refractivity contribution in [3.05, 3.63) is 34.9 Å². The number of hydrogen-bond acceptors (Lipinski definition) is 4. The smallest absolute Gasteiger partial charge is 0.348 e. The molecule has 0 saturated heterocycles. The molecule has 0 atom stereocenters. The maximum absolute atomic E-state index is 11.4. The summed E-state index contributed by atoms with van der Waals surface area (Å²) >= 11 is 0. The van der Waals surface area contributed by atoms with Crippen molar-refractivity contribution in [1.29, 1.82) is 0 Å². The third kappa shape index (κ3) is 2.01. The van der Waals surface area contributed by atoms with Gasteiger partial charge in [0.05, 0.1) is 17.5 Å². The van der Waals surface area contributed by atoms with E-state index in [-0.39, 0.29) is 17.5 Å². The van der Waals surface area contributed by atoms with E-state index < -0.39 is 17.8 Å². The van der Waals surface area contributed by atoms with E-state index in [2.05, 4.69) is 16.6 Å². The number of fused-ring (bicyclic) bond motifs is 1. The molecule has 0 saturated carbocycles. The van der Waals surface area contributed by atoms with Crippen LogP contribution in [0.15, 0.2) is 18.2 Å². The molecule has 5 nitrogen and oxygen atoms in total. The first-order valence-electron chi connectivity index (χ1n) is 4.76. The predicted molar refractivity (Wildman–Crippen MR) is 56.9 cm³/mol. The molecule has 0 radical (unpaired) electrons. The fourth-order valence-corrected chi connectivity index (χ4v) is 1.46. The Balaban J connectivity index is 2.43. The number of nitrogens with two attached hydrogens (primary N) is 1. The Labute approximate surface area is 96.6 Å². The van der Waals surface area contributed by atoms with Crippen LogP contribution in [0.5, 0.6) is 0 Å². The molecule has 1 aliphatic heterocycles. The van der Waals surface area contributed by atoms with Gasteiger partial charge in [0.25, 0.3) is 0 Å². The fraction of sp³-hybridized carbons (Fsp3) is 0.0833. The quantitative estimate of drug-likeness (QED) is 0.424. The summed E-state index contributed by atoms with van der Waals surface area (Å²) < 4.78 is 4.46. The largest absolute Gasteiger partial charge is 0.386 e. The molecule has 5 heteroatoms. The van der Waals surface area contributed by atoms with Gasteiger partial charge in [0, 0.05) is 5.56 Å². The third-order valence-corrected chi connectivity index (χ3v) is 2.16. The monoisotopic (exact) mass is 229 g/mol. The van der Waals surface area contributed by atoms with Crippen LogP contribution < -0.4 is 5.73 Å². The van der Waals surface area contributed by atoms with Crippen molar-refractivity contribution in [1.82, 2.24) is 0 Å². The minimum absolute atomic E-state index is 0.105. The number of carbonyl (C=O) groups excluding carboxylic acids is 3. The Bertz CT molecular complexity index is 592. The van der Waals surface area contributed by atoms with E-state index in [0.29, 0.717) is 5.56 Å². The molecule has 0 fully saturated rings. The van der Waals surface area contributed by atoms with Crippen molar-refractivity contribution in [3.8, 4) is 11.8 Å². The molecule has 1 aromatic rings. The molecular formula is C12H7NO4. The van der Waals surface area contributed by atoms with Crippen LogP contribution in [0.3, 0.4) is 0 Å². The molecule has 0 aliphatic carbocycles. The average Bonchev–Trinajstić information content (AvgIpc) is 2.55. The maximum atomic E-state index is 11.4. The van der Waals surface area contributed by atoms with Crippen LogP contribution in [0.1, 0.15) is 32.7 Å². The second-order valence-electron chi connectivity index (χ2n) is 3.35. The van der Waals surface area contributed by atoms with E-state index in [4.69, 9.17) is 5.73 Å². The fourth-order valence-electron chi connectivity index (χ4n) is 1.46. The van der Waals surface area contributed by atoms with E-state index in [1.165, 1.54) is 6.07 Å². The van der Waals surface area contributed by atoms with Crippen LogP contribution in [0, 0.1) is 11.8 Å². The lowest BCUT2D eigenvalue weighted by Gasteiger charge is -1.95. The number of cyclic esters (lactones) is 2. The highest BCUT2D eigenvalue weighted by molar-refractivity contribution is 6.15. The highest BCUT2D eigenvalue weighted by Crippen LogP contribution is 2.22. The van der Waals surface area contributed by atoms with Gasteiger partial charge in [-0.1, -0.05) is 17.9 Å². The first-order chi connectivity index (χ1) is 8.09. The minimum atomic E-state index is -0.714. The number of rotatable bonds is 1. The molecule has 2 rings (SSSR count). The SMILES string of the molecule is NC(=O)CC#Cc1cccc2c1C(=O)OC2=O. The van der Waals surface area contributed by atoms with E-state index >= 15 is 0 Å². The maximum Gasteiger partial charge on any atom is 0.348 e. The molecular weight excluding hydrogens is 222 g/mol. The Morgan fingerprint density at radius 3 is 2.76 bits per heavy atom. The number of carbonyl (C=O) groups is 3. The Morgan fingerprint density at radius 1 is 1.29 bits per heavy atom. The lowest BCUT2D eigenvalue weighted by atomic mass is 10.0. The second kappa shape index (κ2) is 4.10. The van der Waals surface area contributed by atoms with Crippen LogP contribution in [-0.2, 0) is 9.53 Å². The zero-order valence-electron chi connectivity index (χ0n) is 8.65. The van der Waals surface area contributed by atoms with Crippen LogP contribution in [0.25, 0.3) is 0 Å². The number of benzene rings is 1. The summed E-state index contributed by atoms with van der Waals surface area (Å²) in [6.07, 6.45) is -0.105. The molecule has 1 amide bonds. The number of amides is 1. The Hall–Kier alpha value is -2.61. The van der Waals surface area contributed by atoms with Gasteiger partial charge >= 0.3 is 11.9 Å². The van der Waals surface area contributed by atoms with E-state index in [1.807, 2.05) is 0 Å². The highest BCUT2D eigenvalue weighted by atomic mass is 16.6. The molecule has 0 unspecified atom stereocenters. The number of esters is 2. The van der Waals surface area contributed by atoms with Gasteiger partial charge < -0.3 is 10.5 Å². The summed E-state index contributed by atoms with van der Waals surface area (Å²) in [5.41, 5.74) is 5.64.